The van der Waals surface area contributed by atoms with E-state index in [0.29, 0.717) is 10.8 Å². The van der Waals surface area contributed by atoms with Crippen LogP contribution >= 0.6 is 0 Å². The molecule has 0 bridgehead atoms. The van der Waals surface area contributed by atoms with Gasteiger partial charge in [-0.1, -0.05) is 83.1 Å². The van der Waals surface area contributed by atoms with E-state index >= 15 is 0 Å². The maximum atomic E-state index is 4.68. The summed E-state index contributed by atoms with van der Waals surface area (Å²) in [5.74, 6) is 2.61. The van der Waals surface area contributed by atoms with Gasteiger partial charge >= 0.3 is 0 Å². The minimum atomic E-state index is 0.280. The van der Waals surface area contributed by atoms with Gasteiger partial charge < -0.3 is 0 Å². The Morgan fingerprint density at radius 3 is 2.57 bits per heavy atom. The van der Waals surface area contributed by atoms with Gasteiger partial charge in [0.25, 0.3) is 0 Å². The lowest BCUT2D eigenvalue weighted by atomic mass is 9.44. The van der Waals surface area contributed by atoms with E-state index < -0.39 is 0 Å². The van der Waals surface area contributed by atoms with Gasteiger partial charge in [-0.15, -0.1) is 0 Å². The first kappa shape index (κ1) is 20.2. The van der Waals surface area contributed by atoms with Gasteiger partial charge in [0.05, 0.1) is 0 Å². The van der Waals surface area contributed by atoms with Crippen LogP contribution in [0.2, 0.25) is 0 Å². The second kappa shape index (κ2) is 7.03. The molecule has 4 rings (SSSR count). The Bertz CT molecular complexity index is 720. The number of unbranched alkanes of at least 4 members (excludes halogenated alkanes) is 1. The lowest BCUT2D eigenvalue weighted by Gasteiger charge is -2.60. The number of fused-ring (bicyclic) bond motifs is 5. The summed E-state index contributed by atoms with van der Waals surface area (Å²) in [7, 11) is 0. The molecule has 0 amide bonds. The first-order chi connectivity index (χ1) is 13.3. The fraction of sp³-hybridized carbons (Fsp3) is 0.714. The Morgan fingerprint density at radius 1 is 1.11 bits per heavy atom. The molecule has 0 aliphatic heterocycles. The molecular weight excluding hydrogens is 336 g/mol. The lowest BCUT2D eigenvalue weighted by Crippen LogP contribution is -2.52. The Hall–Kier alpha value is -1.04. The SMILES string of the molecule is C=C1C=CC2(C)C(=C1)CCC1C2CCC2(C)C1CCC2(CCCC)C(=C)CC. The highest BCUT2D eigenvalue weighted by molar-refractivity contribution is 5.43. The smallest absolute Gasteiger partial charge is 0.0100 e. The molecule has 28 heavy (non-hydrogen) atoms. The van der Waals surface area contributed by atoms with Gasteiger partial charge in [0.15, 0.2) is 0 Å². The van der Waals surface area contributed by atoms with Crippen LogP contribution in [0.4, 0.5) is 0 Å². The molecule has 0 saturated heterocycles. The van der Waals surface area contributed by atoms with E-state index in [0.717, 1.165) is 24.2 Å². The molecule has 6 unspecified atom stereocenters. The maximum Gasteiger partial charge on any atom is 0.0100 e. The summed E-state index contributed by atoms with van der Waals surface area (Å²) < 4.78 is 0. The van der Waals surface area contributed by atoms with Crippen LogP contribution < -0.4 is 0 Å². The Balaban J connectivity index is 1.68. The van der Waals surface area contributed by atoms with Crippen LogP contribution in [0, 0.1) is 34.0 Å². The number of hydrogen-bond donors (Lipinski definition) is 0. The van der Waals surface area contributed by atoms with Crippen molar-refractivity contribution in [3.8, 4) is 0 Å². The molecule has 4 aliphatic rings. The molecule has 6 atom stereocenters. The quantitative estimate of drug-likeness (QED) is 0.421. The first-order valence-electron chi connectivity index (χ1n) is 12.1. The van der Waals surface area contributed by atoms with Crippen molar-refractivity contribution in [2.45, 2.75) is 91.9 Å². The van der Waals surface area contributed by atoms with Crippen LogP contribution in [0.1, 0.15) is 91.9 Å². The summed E-state index contributed by atoms with van der Waals surface area (Å²) in [6, 6.07) is 0. The third-order valence-electron chi connectivity index (χ3n) is 10.1. The summed E-state index contributed by atoms with van der Waals surface area (Å²) >= 11 is 0. The standard InChI is InChI=1S/C28H42/c1-7-9-15-28(21(4)8-2)18-14-25-23-11-10-22-19-20(3)12-16-26(22,5)24(23)13-17-27(25,28)6/h12,16,19,23-25H,3-4,7-11,13-15,17-18H2,1-2,5-6H3. The zero-order valence-electron chi connectivity index (χ0n) is 18.9. The minimum Gasteiger partial charge on any atom is -0.0993 e. The minimum absolute atomic E-state index is 0.280. The van der Waals surface area contributed by atoms with Gasteiger partial charge in [-0.2, -0.15) is 0 Å². The van der Waals surface area contributed by atoms with Crippen LogP contribution in [0.15, 0.2) is 48.1 Å². The Kier molecular flexibility index (Phi) is 5.08. The molecule has 3 saturated carbocycles. The molecule has 0 aromatic carbocycles. The van der Waals surface area contributed by atoms with Crippen LogP contribution in [-0.2, 0) is 0 Å². The molecule has 0 aromatic heterocycles. The van der Waals surface area contributed by atoms with E-state index in [1.54, 1.807) is 11.1 Å². The highest BCUT2D eigenvalue weighted by Gasteiger charge is 2.63. The van der Waals surface area contributed by atoms with Crippen molar-refractivity contribution in [3.05, 3.63) is 48.1 Å². The number of rotatable bonds is 5. The van der Waals surface area contributed by atoms with Crippen molar-refractivity contribution >= 4 is 0 Å². The lowest BCUT2D eigenvalue weighted by molar-refractivity contribution is -0.0597. The van der Waals surface area contributed by atoms with Gasteiger partial charge in [-0.05, 0) is 85.5 Å². The monoisotopic (exact) mass is 378 g/mol. The fourth-order valence-electron chi connectivity index (χ4n) is 8.39. The second-order valence-electron chi connectivity index (χ2n) is 10.9. The second-order valence-corrected chi connectivity index (χ2v) is 10.9. The van der Waals surface area contributed by atoms with Crippen LogP contribution in [-0.4, -0.2) is 0 Å². The largest absolute Gasteiger partial charge is 0.0993 e. The van der Waals surface area contributed by atoms with Crippen LogP contribution in [0.3, 0.4) is 0 Å². The zero-order valence-corrected chi connectivity index (χ0v) is 18.9. The zero-order chi connectivity index (χ0) is 20.2. The molecule has 0 N–H and O–H groups in total. The molecule has 0 aromatic rings. The predicted octanol–water partition coefficient (Wildman–Crippen LogP) is 8.42. The topological polar surface area (TPSA) is 0 Å². The van der Waals surface area contributed by atoms with Gasteiger partial charge in [0.1, 0.15) is 0 Å². The summed E-state index contributed by atoms with van der Waals surface area (Å²) in [5, 5.41) is 0. The predicted molar refractivity (Wildman–Crippen MR) is 122 cm³/mol. The van der Waals surface area contributed by atoms with Gasteiger partial charge in [-0.25, -0.2) is 0 Å². The van der Waals surface area contributed by atoms with E-state index in [9.17, 15) is 0 Å². The van der Waals surface area contributed by atoms with E-state index in [1.165, 1.54) is 63.4 Å². The average Bonchev–Trinajstić information content (AvgIpc) is 2.99. The Morgan fingerprint density at radius 2 is 1.86 bits per heavy atom. The molecule has 4 aliphatic carbocycles. The molecule has 0 nitrogen and oxygen atoms in total. The van der Waals surface area contributed by atoms with Crippen molar-refractivity contribution in [1.29, 1.82) is 0 Å². The number of allylic oxidation sites excluding steroid dienone is 6. The molecule has 154 valence electrons. The summed E-state index contributed by atoms with van der Waals surface area (Å²) in [4.78, 5) is 0. The van der Waals surface area contributed by atoms with Gasteiger partial charge in [-0.3, -0.25) is 0 Å². The average molecular weight is 379 g/mol. The van der Waals surface area contributed by atoms with E-state index in [4.69, 9.17) is 0 Å². The molecule has 0 spiro atoms. The van der Waals surface area contributed by atoms with Crippen molar-refractivity contribution in [3.63, 3.8) is 0 Å². The van der Waals surface area contributed by atoms with E-state index in [1.807, 2.05) is 0 Å². The maximum absolute atomic E-state index is 4.68. The highest BCUT2D eigenvalue weighted by Crippen LogP contribution is 2.72. The van der Waals surface area contributed by atoms with Crippen molar-refractivity contribution in [2.75, 3.05) is 0 Å². The molecule has 0 radical (unpaired) electrons. The van der Waals surface area contributed by atoms with Crippen molar-refractivity contribution < 1.29 is 0 Å². The first-order valence-corrected chi connectivity index (χ1v) is 12.1. The highest BCUT2D eigenvalue weighted by atomic mass is 14.7. The van der Waals surface area contributed by atoms with Crippen molar-refractivity contribution in [2.24, 2.45) is 34.0 Å². The molecule has 0 heterocycles. The molecular formula is C28H42. The van der Waals surface area contributed by atoms with Crippen molar-refractivity contribution in [1.82, 2.24) is 0 Å². The summed E-state index contributed by atoms with van der Waals surface area (Å²) in [6.45, 7) is 18.8. The van der Waals surface area contributed by atoms with E-state index in [2.05, 4.69) is 59.1 Å². The third kappa shape index (κ3) is 2.62. The summed E-state index contributed by atoms with van der Waals surface area (Å²) in [6.07, 6.45) is 20.8. The summed E-state index contributed by atoms with van der Waals surface area (Å²) in [5.41, 5.74) is 5.59. The van der Waals surface area contributed by atoms with Gasteiger partial charge in [0, 0.05) is 5.41 Å². The molecule has 0 heteroatoms. The van der Waals surface area contributed by atoms with Crippen LogP contribution in [0.5, 0.6) is 0 Å². The molecule has 3 fully saturated rings. The van der Waals surface area contributed by atoms with Gasteiger partial charge in [0.2, 0.25) is 0 Å². The van der Waals surface area contributed by atoms with E-state index in [-0.39, 0.29) is 5.41 Å². The Labute approximate surface area is 174 Å². The fourth-order valence-corrected chi connectivity index (χ4v) is 8.39. The normalized spacial score (nSPS) is 44.5. The van der Waals surface area contributed by atoms with Crippen LogP contribution in [0.25, 0.3) is 0 Å². The number of hydrogen-bond acceptors (Lipinski definition) is 0. The third-order valence-corrected chi connectivity index (χ3v) is 10.1.